The fraction of sp³-hybridized carbons (Fsp3) is 0.375. The van der Waals surface area contributed by atoms with Gasteiger partial charge in [-0.1, -0.05) is 5.16 Å². The highest BCUT2D eigenvalue weighted by Gasteiger charge is 2.31. The second kappa shape index (κ2) is 7.56. The number of carbonyl (C=O) groups excluding carboxylic acids is 2. The maximum atomic E-state index is 12.6. The lowest BCUT2D eigenvalue weighted by molar-refractivity contribution is -0.126. The summed E-state index contributed by atoms with van der Waals surface area (Å²) in [4.78, 5) is 28.7. The van der Waals surface area contributed by atoms with Crippen LogP contribution in [0.1, 0.15) is 29.6 Å². The highest BCUT2D eigenvalue weighted by Crippen LogP contribution is 2.35. The van der Waals surface area contributed by atoms with Crippen LogP contribution in [-0.2, 0) is 21.9 Å². The number of rotatable bonds is 6. The molecule has 0 unspecified atom stereocenters. The number of ether oxygens (including phenoxy) is 1. The number of methoxy groups -OCH3 is 1. The van der Waals surface area contributed by atoms with Crippen molar-refractivity contribution in [2.45, 2.75) is 24.6 Å². The van der Waals surface area contributed by atoms with Crippen molar-refractivity contribution in [1.82, 2.24) is 15.5 Å². The van der Waals surface area contributed by atoms with E-state index < -0.39 is 5.92 Å². The highest BCUT2D eigenvalue weighted by molar-refractivity contribution is 7.97. The third-order valence-corrected chi connectivity index (χ3v) is 4.36. The summed E-state index contributed by atoms with van der Waals surface area (Å²) in [7, 11) is 1.56. The Labute approximate surface area is 148 Å². The van der Waals surface area contributed by atoms with Crippen molar-refractivity contribution in [3.63, 3.8) is 0 Å². The number of anilines is 1. The Kier molecular flexibility index (Phi) is 5.22. The SMILES string of the molecule is COc1ccc2c(c1)[C@@H](C(=O)NCc1nc(CSC)no1)CC(=O)N2. The number of amides is 2. The van der Waals surface area contributed by atoms with Crippen LogP contribution >= 0.6 is 11.8 Å². The molecule has 0 spiro atoms. The Balaban J connectivity index is 1.72. The summed E-state index contributed by atoms with van der Waals surface area (Å²) in [6.45, 7) is 0.123. The van der Waals surface area contributed by atoms with Gasteiger partial charge in [-0.2, -0.15) is 16.7 Å². The van der Waals surface area contributed by atoms with Crippen molar-refractivity contribution in [3.8, 4) is 5.75 Å². The molecule has 0 bridgehead atoms. The van der Waals surface area contributed by atoms with Crippen LogP contribution in [0.3, 0.4) is 0 Å². The van der Waals surface area contributed by atoms with Crippen LogP contribution in [0.5, 0.6) is 5.75 Å². The van der Waals surface area contributed by atoms with Gasteiger partial charge in [0.05, 0.1) is 25.3 Å². The van der Waals surface area contributed by atoms with E-state index in [2.05, 4.69) is 20.8 Å². The van der Waals surface area contributed by atoms with Crippen molar-refractivity contribution in [1.29, 1.82) is 0 Å². The molecule has 0 radical (unpaired) electrons. The normalized spacial score (nSPS) is 16.1. The first-order valence-corrected chi connectivity index (χ1v) is 9.06. The zero-order valence-corrected chi connectivity index (χ0v) is 14.7. The molecule has 1 atom stereocenters. The Hall–Kier alpha value is -2.55. The number of thioether (sulfide) groups is 1. The number of nitrogens with one attached hydrogen (secondary N) is 2. The lowest BCUT2D eigenvalue weighted by atomic mass is 9.89. The first kappa shape index (κ1) is 17.3. The smallest absolute Gasteiger partial charge is 0.246 e. The van der Waals surface area contributed by atoms with Gasteiger partial charge in [-0.05, 0) is 30.0 Å². The highest BCUT2D eigenvalue weighted by atomic mass is 32.2. The topological polar surface area (TPSA) is 106 Å². The van der Waals surface area contributed by atoms with Crippen molar-refractivity contribution in [3.05, 3.63) is 35.5 Å². The lowest BCUT2D eigenvalue weighted by Gasteiger charge is -2.25. The average Bonchev–Trinajstić information content (AvgIpc) is 3.06. The Morgan fingerprint density at radius 1 is 1.52 bits per heavy atom. The van der Waals surface area contributed by atoms with Gasteiger partial charge in [0.1, 0.15) is 5.75 Å². The number of nitrogens with zero attached hydrogens (tertiary/aromatic N) is 2. The van der Waals surface area contributed by atoms with Crippen molar-refractivity contribution in [2.24, 2.45) is 0 Å². The summed E-state index contributed by atoms with van der Waals surface area (Å²) in [6.07, 6.45) is 2.02. The number of benzene rings is 1. The fourth-order valence-corrected chi connectivity index (χ4v) is 3.01. The van der Waals surface area contributed by atoms with Crippen molar-refractivity contribution < 1.29 is 18.8 Å². The molecule has 9 heteroatoms. The van der Waals surface area contributed by atoms with Gasteiger partial charge in [-0.3, -0.25) is 9.59 Å². The van der Waals surface area contributed by atoms with E-state index in [4.69, 9.17) is 9.26 Å². The van der Waals surface area contributed by atoms with Crippen molar-refractivity contribution >= 4 is 29.3 Å². The zero-order chi connectivity index (χ0) is 17.8. The molecular weight excluding hydrogens is 344 g/mol. The van der Waals surface area contributed by atoms with E-state index in [9.17, 15) is 9.59 Å². The van der Waals surface area contributed by atoms with Crippen molar-refractivity contribution in [2.75, 3.05) is 18.7 Å². The van der Waals surface area contributed by atoms with Gasteiger partial charge >= 0.3 is 0 Å². The Bertz CT molecular complexity index is 792. The van der Waals surface area contributed by atoms with Gasteiger partial charge in [0.2, 0.25) is 17.7 Å². The predicted molar refractivity (Wildman–Crippen MR) is 92.3 cm³/mol. The van der Waals surface area contributed by atoms with E-state index in [0.29, 0.717) is 28.9 Å². The van der Waals surface area contributed by atoms with Crippen LogP contribution in [-0.4, -0.2) is 35.3 Å². The molecule has 0 fully saturated rings. The fourth-order valence-electron chi connectivity index (χ4n) is 2.64. The molecule has 0 saturated heterocycles. The minimum absolute atomic E-state index is 0.0769. The second-order valence-corrected chi connectivity index (χ2v) is 6.38. The first-order valence-electron chi connectivity index (χ1n) is 7.66. The Morgan fingerprint density at radius 3 is 3.12 bits per heavy atom. The molecule has 0 aliphatic carbocycles. The van der Waals surface area contributed by atoms with Gasteiger partial charge in [-0.25, -0.2) is 0 Å². The summed E-state index contributed by atoms with van der Waals surface area (Å²) in [6, 6.07) is 5.24. The quantitative estimate of drug-likeness (QED) is 0.805. The van der Waals surface area contributed by atoms with Gasteiger partial charge in [0.15, 0.2) is 5.82 Å². The molecule has 3 rings (SSSR count). The minimum Gasteiger partial charge on any atom is -0.497 e. The first-order chi connectivity index (χ1) is 12.1. The molecule has 0 saturated carbocycles. The van der Waals surface area contributed by atoms with E-state index in [1.54, 1.807) is 37.1 Å². The van der Waals surface area contributed by atoms with E-state index in [0.717, 1.165) is 5.56 Å². The third-order valence-electron chi connectivity index (χ3n) is 3.81. The van der Waals surface area contributed by atoms with Crippen LogP contribution in [0.15, 0.2) is 22.7 Å². The maximum Gasteiger partial charge on any atom is 0.246 e. The Morgan fingerprint density at radius 2 is 2.36 bits per heavy atom. The molecule has 1 aromatic heterocycles. The summed E-state index contributed by atoms with van der Waals surface area (Å²) in [5, 5.41) is 9.36. The molecule has 1 aromatic carbocycles. The second-order valence-electron chi connectivity index (χ2n) is 5.51. The lowest BCUT2D eigenvalue weighted by Crippen LogP contribution is -2.34. The van der Waals surface area contributed by atoms with Crippen LogP contribution in [0.25, 0.3) is 0 Å². The number of hydrogen-bond acceptors (Lipinski definition) is 7. The van der Waals surface area contributed by atoms with Gasteiger partial charge in [0, 0.05) is 12.1 Å². The van der Waals surface area contributed by atoms with E-state index in [-0.39, 0.29) is 24.8 Å². The largest absolute Gasteiger partial charge is 0.497 e. The summed E-state index contributed by atoms with van der Waals surface area (Å²) >= 11 is 1.58. The number of fused-ring (bicyclic) bond motifs is 1. The molecular formula is C16H18N4O4S. The van der Waals surface area contributed by atoms with Gasteiger partial charge < -0.3 is 19.9 Å². The number of carbonyl (C=O) groups is 2. The maximum absolute atomic E-state index is 12.6. The number of aromatic nitrogens is 2. The molecule has 132 valence electrons. The minimum atomic E-state index is -0.590. The zero-order valence-electron chi connectivity index (χ0n) is 13.9. The molecule has 1 aliphatic heterocycles. The molecule has 2 heterocycles. The molecule has 2 aromatic rings. The molecule has 2 N–H and O–H groups in total. The van der Waals surface area contributed by atoms with Crippen LogP contribution < -0.4 is 15.4 Å². The molecule has 8 nitrogen and oxygen atoms in total. The summed E-state index contributed by atoms with van der Waals surface area (Å²) < 4.78 is 10.3. The standard InChI is InChI=1S/C16H18N4O4S/c1-23-9-3-4-12-10(5-9)11(6-14(21)18-12)16(22)17-7-15-19-13(8-25-2)20-24-15/h3-5,11H,6-8H2,1-2H3,(H,17,22)(H,18,21)/t11-/m0/s1. The molecule has 25 heavy (non-hydrogen) atoms. The van der Waals surface area contributed by atoms with Crippen LogP contribution in [0.2, 0.25) is 0 Å². The molecule has 2 amide bonds. The number of hydrogen-bond donors (Lipinski definition) is 2. The summed E-state index contributed by atoms with van der Waals surface area (Å²) in [5.41, 5.74) is 1.35. The monoisotopic (exact) mass is 362 g/mol. The van der Waals surface area contributed by atoms with Crippen LogP contribution in [0.4, 0.5) is 5.69 Å². The van der Waals surface area contributed by atoms with Gasteiger partial charge in [0.25, 0.3) is 0 Å². The third kappa shape index (κ3) is 3.93. The van der Waals surface area contributed by atoms with Crippen LogP contribution in [0, 0.1) is 0 Å². The van der Waals surface area contributed by atoms with E-state index in [1.165, 1.54) is 0 Å². The van der Waals surface area contributed by atoms with Gasteiger partial charge in [-0.15, -0.1) is 0 Å². The van der Waals surface area contributed by atoms with E-state index >= 15 is 0 Å². The molecule has 1 aliphatic rings. The average molecular weight is 362 g/mol. The van der Waals surface area contributed by atoms with E-state index in [1.807, 2.05) is 6.26 Å². The predicted octanol–water partition coefficient (Wildman–Crippen LogP) is 1.68. The summed E-state index contributed by atoms with van der Waals surface area (Å²) in [5.74, 6) is 1.14.